The van der Waals surface area contributed by atoms with Crippen LogP contribution < -0.4 is 5.32 Å². The number of hydrogen-bond acceptors (Lipinski definition) is 6. The zero-order valence-electron chi connectivity index (χ0n) is 13.5. The first-order valence-electron chi connectivity index (χ1n) is 7.99. The van der Waals surface area contributed by atoms with Crippen LogP contribution in [0.2, 0.25) is 0 Å². The van der Waals surface area contributed by atoms with Crippen LogP contribution in [0.5, 0.6) is 0 Å². The van der Waals surface area contributed by atoms with Crippen molar-refractivity contribution in [1.29, 1.82) is 0 Å². The van der Waals surface area contributed by atoms with Crippen LogP contribution in [0.25, 0.3) is 0 Å². The summed E-state index contributed by atoms with van der Waals surface area (Å²) in [7, 11) is 0. The van der Waals surface area contributed by atoms with Gasteiger partial charge in [0.1, 0.15) is 5.82 Å². The lowest BCUT2D eigenvalue weighted by Gasteiger charge is -2.32. The van der Waals surface area contributed by atoms with Crippen LogP contribution >= 0.6 is 11.3 Å². The number of nitrogens with zero attached hydrogens (tertiary/aromatic N) is 4. The molecule has 0 radical (unpaired) electrons. The van der Waals surface area contributed by atoms with E-state index in [9.17, 15) is 9.18 Å². The second-order valence-corrected chi connectivity index (χ2v) is 7.19. The van der Waals surface area contributed by atoms with E-state index >= 15 is 0 Å². The SMILES string of the molecule is CC(=O)Nc1ncc(CN2CCC[C@@H](Cc3ncc(F)cn3)C2)s1. The summed E-state index contributed by atoms with van der Waals surface area (Å²) < 4.78 is 12.9. The third-order valence-electron chi connectivity index (χ3n) is 3.96. The van der Waals surface area contributed by atoms with Gasteiger partial charge in [-0.2, -0.15) is 0 Å². The maximum Gasteiger partial charge on any atom is 0.223 e. The van der Waals surface area contributed by atoms with Gasteiger partial charge >= 0.3 is 0 Å². The summed E-state index contributed by atoms with van der Waals surface area (Å²) in [6, 6.07) is 0. The van der Waals surface area contributed by atoms with Crippen LogP contribution in [0.3, 0.4) is 0 Å². The Labute approximate surface area is 144 Å². The molecule has 0 aromatic carbocycles. The number of halogens is 1. The highest BCUT2D eigenvalue weighted by Gasteiger charge is 2.21. The van der Waals surface area contributed by atoms with Crippen LogP contribution in [0, 0.1) is 11.7 Å². The smallest absolute Gasteiger partial charge is 0.223 e. The molecule has 128 valence electrons. The first-order chi connectivity index (χ1) is 11.6. The van der Waals surface area contributed by atoms with Gasteiger partial charge in [0.15, 0.2) is 10.9 Å². The number of rotatable bonds is 5. The maximum atomic E-state index is 12.9. The molecule has 1 aliphatic heterocycles. The molecule has 0 spiro atoms. The number of anilines is 1. The van der Waals surface area contributed by atoms with E-state index in [-0.39, 0.29) is 5.91 Å². The molecule has 3 heterocycles. The van der Waals surface area contributed by atoms with Gasteiger partial charge in [0.25, 0.3) is 0 Å². The molecule has 1 atom stereocenters. The number of hydrogen-bond donors (Lipinski definition) is 1. The van der Waals surface area contributed by atoms with E-state index in [1.54, 1.807) is 0 Å². The molecule has 8 heteroatoms. The Morgan fingerprint density at radius 1 is 1.38 bits per heavy atom. The van der Waals surface area contributed by atoms with E-state index in [1.807, 2.05) is 6.20 Å². The molecule has 1 amide bonds. The van der Waals surface area contributed by atoms with Crippen molar-refractivity contribution in [3.63, 3.8) is 0 Å². The Balaban J connectivity index is 1.54. The van der Waals surface area contributed by atoms with Crippen molar-refractivity contribution in [3.8, 4) is 0 Å². The summed E-state index contributed by atoms with van der Waals surface area (Å²) in [5.41, 5.74) is 0. The topological polar surface area (TPSA) is 71.0 Å². The average Bonchev–Trinajstić information content (AvgIpc) is 2.96. The number of nitrogens with one attached hydrogen (secondary N) is 1. The van der Waals surface area contributed by atoms with Crippen LogP contribution in [0.1, 0.15) is 30.5 Å². The minimum Gasteiger partial charge on any atom is -0.302 e. The molecule has 1 aliphatic rings. The second-order valence-electron chi connectivity index (χ2n) is 6.08. The van der Waals surface area contributed by atoms with Crippen molar-refractivity contribution < 1.29 is 9.18 Å². The van der Waals surface area contributed by atoms with Crippen molar-refractivity contribution >= 4 is 22.4 Å². The molecular formula is C16H20FN5OS. The summed E-state index contributed by atoms with van der Waals surface area (Å²) in [5, 5.41) is 3.36. The fraction of sp³-hybridized carbons (Fsp3) is 0.500. The molecule has 6 nitrogen and oxygen atoms in total. The molecule has 0 bridgehead atoms. The molecule has 0 saturated carbocycles. The van der Waals surface area contributed by atoms with Crippen molar-refractivity contribution in [2.24, 2.45) is 5.92 Å². The van der Waals surface area contributed by atoms with Gasteiger partial charge in [-0.15, -0.1) is 11.3 Å². The quantitative estimate of drug-likeness (QED) is 0.898. The predicted octanol–water partition coefficient (Wildman–Crippen LogP) is 2.49. The van der Waals surface area contributed by atoms with Gasteiger partial charge in [-0.25, -0.2) is 19.3 Å². The molecule has 1 N–H and O–H groups in total. The molecule has 0 aliphatic carbocycles. The fourth-order valence-electron chi connectivity index (χ4n) is 2.97. The first-order valence-corrected chi connectivity index (χ1v) is 8.81. The van der Waals surface area contributed by atoms with E-state index in [1.165, 1.54) is 30.7 Å². The van der Waals surface area contributed by atoms with Crippen LogP contribution in [0.4, 0.5) is 9.52 Å². The van der Waals surface area contributed by atoms with Gasteiger partial charge in [0.2, 0.25) is 5.91 Å². The molecule has 2 aromatic rings. The van der Waals surface area contributed by atoms with E-state index in [2.05, 4.69) is 25.2 Å². The number of amides is 1. The Kier molecular flexibility index (Phi) is 5.47. The lowest BCUT2D eigenvalue weighted by molar-refractivity contribution is -0.114. The number of aromatic nitrogens is 3. The van der Waals surface area contributed by atoms with Gasteiger partial charge in [-0.1, -0.05) is 0 Å². The van der Waals surface area contributed by atoms with Crippen molar-refractivity contribution in [2.75, 3.05) is 18.4 Å². The minimum atomic E-state index is -0.399. The van der Waals surface area contributed by atoms with E-state index in [0.717, 1.165) is 43.8 Å². The Morgan fingerprint density at radius 2 is 2.17 bits per heavy atom. The average molecular weight is 349 g/mol. The number of piperidine rings is 1. The summed E-state index contributed by atoms with van der Waals surface area (Å²) in [6.07, 6.45) is 7.31. The highest BCUT2D eigenvalue weighted by atomic mass is 32.1. The van der Waals surface area contributed by atoms with Gasteiger partial charge < -0.3 is 5.32 Å². The molecule has 1 saturated heterocycles. The molecule has 1 fully saturated rings. The highest BCUT2D eigenvalue weighted by Crippen LogP contribution is 2.24. The Morgan fingerprint density at radius 3 is 2.92 bits per heavy atom. The van der Waals surface area contributed by atoms with Crippen molar-refractivity contribution in [1.82, 2.24) is 19.9 Å². The molecule has 0 unspecified atom stereocenters. The zero-order valence-corrected chi connectivity index (χ0v) is 14.4. The number of carbonyl (C=O) groups excluding carboxylic acids is 1. The van der Waals surface area contributed by atoms with Gasteiger partial charge in [-0.05, 0) is 25.3 Å². The van der Waals surface area contributed by atoms with Gasteiger partial charge in [0.05, 0.1) is 12.4 Å². The second kappa shape index (κ2) is 7.76. The maximum absolute atomic E-state index is 12.9. The normalized spacial score (nSPS) is 18.5. The summed E-state index contributed by atoms with van der Waals surface area (Å²) in [6.45, 7) is 4.33. The van der Waals surface area contributed by atoms with Crippen molar-refractivity contribution in [3.05, 3.63) is 35.1 Å². The van der Waals surface area contributed by atoms with Crippen LogP contribution in [-0.4, -0.2) is 38.8 Å². The largest absolute Gasteiger partial charge is 0.302 e. The Bertz CT molecular complexity index is 690. The molecular weight excluding hydrogens is 329 g/mol. The third-order valence-corrected chi connectivity index (χ3v) is 4.86. The number of carbonyl (C=O) groups is 1. The Hall–Kier alpha value is -1.93. The number of thiazole rings is 1. The molecule has 3 rings (SSSR count). The fourth-order valence-corrected chi connectivity index (χ4v) is 3.87. The van der Waals surface area contributed by atoms with Gasteiger partial charge in [-0.3, -0.25) is 9.69 Å². The highest BCUT2D eigenvalue weighted by molar-refractivity contribution is 7.15. The molecule has 2 aromatic heterocycles. The summed E-state index contributed by atoms with van der Waals surface area (Å²) in [5.74, 6) is 0.679. The predicted molar refractivity (Wildman–Crippen MR) is 90.1 cm³/mol. The lowest BCUT2D eigenvalue weighted by Crippen LogP contribution is -2.35. The summed E-state index contributed by atoms with van der Waals surface area (Å²) >= 11 is 1.51. The van der Waals surface area contributed by atoms with E-state index < -0.39 is 5.82 Å². The standard InChI is InChI=1S/C16H20FN5OS/c1-11(23)21-16-20-8-14(24-16)10-22-4-2-3-12(9-22)5-15-18-6-13(17)7-19-15/h6-8,12H,2-5,9-10H2,1H3,(H,20,21,23)/t12-/m0/s1. The minimum absolute atomic E-state index is 0.103. The monoisotopic (exact) mass is 349 g/mol. The van der Waals surface area contributed by atoms with Crippen LogP contribution in [0.15, 0.2) is 18.6 Å². The van der Waals surface area contributed by atoms with Crippen LogP contribution in [-0.2, 0) is 17.8 Å². The summed E-state index contributed by atoms with van der Waals surface area (Å²) in [4.78, 5) is 26.9. The number of likely N-dealkylation sites (tertiary alicyclic amines) is 1. The first kappa shape index (κ1) is 16.9. The van der Waals surface area contributed by atoms with Crippen molar-refractivity contribution in [2.45, 2.75) is 32.7 Å². The van der Waals surface area contributed by atoms with E-state index in [4.69, 9.17) is 0 Å². The molecule has 24 heavy (non-hydrogen) atoms. The zero-order chi connectivity index (χ0) is 16.9. The third kappa shape index (κ3) is 4.78. The lowest BCUT2D eigenvalue weighted by atomic mass is 9.94. The van der Waals surface area contributed by atoms with E-state index in [0.29, 0.717) is 16.9 Å². The van der Waals surface area contributed by atoms with Gasteiger partial charge in [0, 0.05) is 37.5 Å².